The molecular formula is C18H20N4O4S. The molecule has 142 valence electrons. The maximum absolute atomic E-state index is 11.7. The molecule has 0 aliphatic rings. The molecule has 0 unspecified atom stereocenters. The summed E-state index contributed by atoms with van der Waals surface area (Å²) in [7, 11) is 0. The minimum atomic E-state index is -0.477. The first-order valence-corrected chi connectivity index (χ1v) is 9.13. The molecule has 2 aromatic rings. The van der Waals surface area contributed by atoms with E-state index >= 15 is 0 Å². The van der Waals surface area contributed by atoms with Gasteiger partial charge in [-0.1, -0.05) is 12.1 Å². The number of carbonyl (C=O) groups excluding carboxylic acids is 1. The average Bonchev–Trinajstić information content (AvgIpc) is 2.63. The summed E-state index contributed by atoms with van der Waals surface area (Å²) in [4.78, 5) is 21.8. The molecule has 0 saturated carbocycles. The van der Waals surface area contributed by atoms with Crippen LogP contribution >= 0.6 is 11.9 Å². The number of benzene rings is 2. The Bertz CT molecular complexity index is 792. The number of nitro groups is 1. The molecule has 0 spiro atoms. The first-order chi connectivity index (χ1) is 12.9. The van der Waals surface area contributed by atoms with Gasteiger partial charge in [0.25, 0.3) is 5.69 Å². The molecule has 8 nitrogen and oxygen atoms in total. The van der Waals surface area contributed by atoms with Gasteiger partial charge in [0.15, 0.2) is 0 Å². The number of rotatable bonds is 8. The number of ether oxygens (including phenoxy) is 1. The molecule has 0 bridgehead atoms. The van der Waals surface area contributed by atoms with Crippen LogP contribution in [0.3, 0.4) is 0 Å². The van der Waals surface area contributed by atoms with Crippen LogP contribution in [0.1, 0.15) is 25.0 Å². The lowest BCUT2D eigenvalue weighted by Gasteiger charge is -2.10. The zero-order valence-electron chi connectivity index (χ0n) is 14.9. The van der Waals surface area contributed by atoms with Gasteiger partial charge in [-0.15, -0.1) is 0 Å². The lowest BCUT2D eigenvalue weighted by atomic mass is 10.2. The predicted molar refractivity (Wildman–Crippen MR) is 106 cm³/mol. The minimum absolute atomic E-state index is 0.00180. The third-order valence-corrected chi connectivity index (χ3v) is 3.99. The Balaban J connectivity index is 1.70. The highest BCUT2D eigenvalue weighted by molar-refractivity contribution is 7.97. The number of amides is 2. The monoisotopic (exact) mass is 388 g/mol. The molecule has 2 amide bonds. The number of nitrogens with zero attached hydrogens (tertiary/aromatic N) is 2. The molecule has 0 fully saturated rings. The van der Waals surface area contributed by atoms with Crippen molar-refractivity contribution in [3.8, 4) is 5.75 Å². The highest BCUT2D eigenvalue weighted by Crippen LogP contribution is 2.16. The third kappa shape index (κ3) is 7.37. The average molecular weight is 388 g/mol. The fraction of sp³-hybridized carbons (Fsp3) is 0.222. The van der Waals surface area contributed by atoms with Crippen molar-refractivity contribution in [1.29, 1.82) is 0 Å². The Hall–Kier alpha value is -3.07. The molecule has 0 radical (unpaired) electrons. The minimum Gasteiger partial charge on any atom is -0.491 e. The predicted octanol–water partition coefficient (Wildman–Crippen LogP) is 3.86. The van der Waals surface area contributed by atoms with E-state index < -0.39 is 11.0 Å². The van der Waals surface area contributed by atoms with E-state index in [1.165, 1.54) is 30.3 Å². The van der Waals surface area contributed by atoms with Crippen molar-refractivity contribution in [2.45, 2.75) is 25.7 Å². The zero-order chi connectivity index (χ0) is 19.6. The highest BCUT2D eigenvalue weighted by atomic mass is 32.2. The summed E-state index contributed by atoms with van der Waals surface area (Å²) in [6.45, 7) is 3.94. The van der Waals surface area contributed by atoms with E-state index in [4.69, 9.17) is 4.74 Å². The van der Waals surface area contributed by atoms with Crippen molar-refractivity contribution < 1.29 is 14.5 Å². The van der Waals surface area contributed by atoms with E-state index in [0.29, 0.717) is 11.3 Å². The zero-order valence-corrected chi connectivity index (χ0v) is 15.7. The van der Waals surface area contributed by atoms with Gasteiger partial charge in [-0.25, -0.2) is 10.2 Å². The molecule has 2 aromatic carbocycles. The molecule has 0 heterocycles. The van der Waals surface area contributed by atoms with Crippen molar-refractivity contribution in [3.63, 3.8) is 0 Å². The molecule has 0 aliphatic heterocycles. The first-order valence-electron chi connectivity index (χ1n) is 8.15. The number of nitrogens with one attached hydrogen (secondary N) is 2. The summed E-state index contributed by atoms with van der Waals surface area (Å²) in [6.07, 6.45) is 1.53. The van der Waals surface area contributed by atoms with E-state index in [1.807, 2.05) is 38.1 Å². The molecule has 0 saturated heterocycles. The van der Waals surface area contributed by atoms with Crippen LogP contribution < -0.4 is 14.9 Å². The van der Waals surface area contributed by atoms with E-state index in [2.05, 4.69) is 15.2 Å². The number of urea groups is 1. The fourth-order valence-electron chi connectivity index (χ4n) is 1.99. The quantitative estimate of drug-likeness (QED) is 0.309. The number of hydrazone groups is 1. The summed E-state index contributed by atoms with van der Waals surface area (Å²) >= 11 is 1.23. The van der Waals surface area contributed by atoms with Crippen molar-refractivity contribution in [2.24, 2.45) is 5.10 Å². The van der Waals surface area contributed by atoms with Crippen LogP contribution in [-0.4, -0.2) is 23.3 Å². The number of carbonyl (C=O) groups is 1. The topological polar surface area (TPSA) is 106 Å². The molecule has 0 atom stereocenters. The Morgan fingerprint density at radius 2 is 1.89 bits per heavy atom. The molecular weight excluding hydrogens is 368 g/mol. The number of non-ortho nitro benzene ring substituents is 1. The second-order valence-corrected chi connectivity index (χ2v) is 6.53. The van der Waals surface area contributed by atoms with Crippen molar-refractivity contribution in [1.82, 2.24) is 10.1 Å². The van der Waals surface area contributed by atoms with Crippen LogP contribution in [0.25, 0.3) is 0 Å². The van der Waals surface area contributed by atoms with Gasteiger partial charge in [0, 0.05) is 17.9 Å². The summed E-state index contributed by atoms with van der Waals surface area (Å²) in [5.41, 5.74) is 4.01. The number of hydrogen-bond acceptors (Lipinski definition) is 6. The molecule has 27 heavy (non-hydrogen) atoms. The Morgan fingerprint density at radius 3 is 2.48 bits per heavy atom. The second-order valence-electron chi connectivity index (χ2n) is 5.75. The third-order valence-electron chi connectivity index (χ3n) is 3.18. The Labute approximate surface area is 161 Å². The van der Waals surface area contributed by atoms with Crippen LogP contribution in [0.15, 0.2) is 53.6 Å². The lowest BCUT2D eigenvalue weighted by molar-refractivity contribution is -0.384. The van der Waals surface area contributed by atoms with Gasteiger partial charge in [0.05, 0.1) is 17.2 Å². The van der Waals surface area contributed by atoms with E-state index in [9.17, 15) is 14.9 Å². The van der Waals surface area contributed by atoms with E-state index in [-0.39, 0.29) is 11.8 Å². The van der Waals surface area contributed by atoms with Crippen molar-refractivity contribution >= 4 is 29.9 Å². The van der Waals surface area contributed by atoms with Crippen molar-refractivity contribution in [3.05, 3.63) is 69.8 Å². The number of hydrogen-bond donors (Lipinski definition) is 2. The van der Waals surface area contributed by atoms with Gasteiger partial charge in [0.2, 0.25) is 0 Å². The van der Waals surface area contributed by atoms with Crippen LogP contribution in [-0.2, 0) is 5.75 Å². The number of nitro benzene ring substituents is 1. The van der Waals surface area contributed by atoms with Gasteiger partial charge >= 0.3 is 6.03 Å². The molecule has 0 aromatic heterocycles. The second kappa shape index (κ2) is 10.2. The maximum atomic E-state index is 11.7. The Morgan fingerprint density at radius 1 is 1.22 bits per heavy atom. The first kappa shape index (κ1) is 20.2. The smallest absolute Gasteiger partial charge is 0.345 e. The van der Waals surface area contributed by atoms with Gasteiger partial charge in [-0.05, 0) is 61.2 Å². The van der Waals surface area contributed by atoms with E-state index in [0.717, 1.165) is 11.3 Å². The molecule has 2 rings (SSSR count). The normalized spacial score (nSPS) is 10.8. The molecule has 9 heteroatoms. The van der Waals surface area contributed by atoms with Gasteiger partial charge in [0.1, 0.15) is 5.75 Å². The summed E-state index contributed by atoms with van der Waals surface area (Å²) in [5, 5.41) is 14.4. The van der Waals surface area contributed by atoms with Crippen molar-refractivity contribution in [2.75, 3.05) is 0 Å². The highest BCUT2D eigenvalue weighted by Gasteiger charge is 2.03. The SMILES string of the molecule is CC(C)Oc1ccc(CSNC(=O)N/N=C/c2ccc([N+](=O)[O-])cc2)cc1. The fourth-order valence-corrected chi connectivity index (χ4v) is 2.60. The van der Waals surface area contributed by atoms with Crippen LogP contribution in [0, 0.1) is 10.1 Å². The largest absolute Gasteiger partial charge is 0.491 e. The summed E-state index contributed by atoms with van der Waals surface area (Å²) in [6, 6.07) is 13.0. The molecule has 0 aliphatic carbocycles. The lowest BCUT2D eigenvalue weighted by Crippen LogP contribution is -2.27. The van der Waals surface area contributed by atoms with Gasteiger partial charge in [-0.3, -0.25) is 14.8 Å². The standard InChI is InChI=1S/C18H20N4O4S/c1-13(2)26-17-9-5-15(6-10-17)12-27-21-18(23)20-19-11-14-3-7-16(8-4-14)22(24)25/h3-11,13H,12H2,1-2H3,(H2,20,21,23)/b19-11+. The van der Waals surface area contributed by atoms with Gasteiger partial charge < -0.3 is 4.74 Å². The van der Waals surface area contributed by atoms with Crippen LogP contribution in [0.5, 0.6) is 5.75 Å². The van der Waals surface area contributed by atoms with Gasteiger partial charge in [-0.2, -0.15) is 5.10 Å². The summed E-state index contributed by atoms with van der Waals surface area (Å²) < 4.78 is 8.20. The van der Waals surface area contributed by atoms with E-state index in [1.54, 1.807) is 12.1 Å². The maximum Gasteiger partial charge on any atom is 0.345 e. The van der Waals surface area contributed by atoms with Crippen LogP contribution in [0.2, 0.25) is 0 Å². The molecule has 2 N–H and O–H groups in total. The summed E-state index contributed by atoms with van der Waals surface area (Å²) in [5.74, 6) is 1.41. The Kier molecular flexibility index (Phi) is 7.63. The van der Waals surface area contributed by atoms with Crippen LogP contribution in [0.4, 0.5) is 10.5 Å².